The van der Waals surface area contributed by atoms with E-state index < -0.39 is 17.6 Å². The molecule has 226 valence electrons. The number of rotatable bonds is 4. The van der Waals surface area contributed by atoms with Gasteiger partial charge in [0.15, 0.2) is 0 Å². The van der Waals surface area contributed by atoms with Crippen molar-refractivity contribution >= 4 is 29.5 Å². The fourth-order valence-corrected chi connectivity index (χ4v) is 7.05. The predicted octanol–water partition coefficient (Wildman–Crippen LogP) is 5.13. The summed E-state index contributed by atoms with van der Waals surface area (Å²) < 4.78 is 0. The standard InChI is InChI=1S/C35H42N4O3S/c1-24(2)20-28-33(41)39-35(18-10-11-19-35)34(42)38-29(21-25-12-4-3-5-13-25)32(40)37-23-27-15-7-9-17-31(27)43-30-16-8-6-14-26(30)22-36-28/h3-9,12-17,24,28-29,36H,10-11,18-23H2,1-2H3,(H,37,40)(H,38,42)(H,39,41)/t28-,29-/m0/s1. The Morgan fingerprint density at radius 2 is 1.37 bits per heavy atom. The number of nitrogens with one attached hydrogen (secondary N) is 4. The van der Waals surface area contributed by atoms with Crippen LogP contribution in [0.1, 0.15) is 62.6 Å². The smallest absolute Gasteiger partial charge is 0.246 e. The fraction of sp³-hybridized carbons (Fsp3) is 0.400. The van der Waals surface area contributed by atoms with Crippen molar-refractivity contribution in [3.63, 3.8) is 0 Å². The first-order chi connectivity index (χ1) is 20.8. The molecule has 3 aromatic carbocycles. The van der Waals surface area contributed by atoms with Crippen molar-refractivity contribution < 1.29 is 14.4 Å². The molecule has 0 radical (unpaired) electrons. The van der Waals surface area contributed by atoms with Crippen LogP contribution < -0.4 is 21.3 Å². The average molecular weight is 599 g/mol. The van der Waals surface area contributed by atoms with Gasteiger partial charge in [-0.15, -0.1) is 0 Å². The highest BCUT2D eigenvalue weighted by molar-refractivity contribution is 7.99. The second-order valence-electron chi connectivity index (χ2n) is 12.1. The Bertz CT molecular complexity index is 1420. The number of hydrogen-bond donors (Lipinski definition) is 4. The molecule has 7 nitrogen and oxygen atoms in total. The monoisotopic (exact) mass is 598 g/mol. The maximum Gasteiger partial charge on any atom is 0.246 e. The van der Waals surface area contributed by atoms with Crippen LogP contribution in [-0.2, 0) is 33.9 Å². The van der Waals surface area contributed by atoms with Crippen LogP contribution in [0.2, 0.25) is 0 Å². The van der Waals surface area contributed by atoms with Crippen LogP contribution >= 0.6 is 11.8 Å². The van der Waals surface area contributed by atoms with Crippen LogP contribution in [0.4, 0.5) is 0 Å². The summed E-state index contributed by atoms with van der Waals surface area (Å²) in [6.07, 6.45) is 3.77. The molecule has 1 aliphatic heterocycles. The lowest BCUT2D eigenvalue weighted by molar-refractivity contribution is -0.136. The summed E-state index contributed by atoms with van der Waals surface area (Å²) >= 11 is 1.66. The molecule has 2 aliphatic rings. The van der Waals surface area contributed by atoms with Gasteiger partial charge in [-0.3, -0.25) is 14.4 Å². The highest BCUT2D eigenvalue weighted by atomic mass is 32.2. The molecule has 2 atom stereocenters. The highest BCUT2D eigenvalue weighted by Gasteiger charge is 2.44. The van der Waals surface area contributed by atoms with E-state index in [1.54, 1.807) is 11.8 Å². The van der Waals surface area contributed by atoms with Crippen LogP contribution in [0, 0.1) is 5.92 Å². The van der Waals surface area contributed by atoms with Gasteiger partial charge in [-0.25, -0.2) is 0 Å². The molecular formula is C35H42N4O3S. The van der Waals surface area contributed by atoms with Gasteiger partial charge in [-0.1, -0.05) is 105 Å². The van der Waals surface area contributed by atoms with Crippen molar-refractivity contribution in [3.05, 3.63) is 95.6 Å². The molecule has 0 bridgehead atoms. The largest absolute Gasteiger partial charge is 0.350 e. The number of carbonyl (C=O) groups excluding carboxylic acids is 3. The second kappa shape index (κ2) is 14.2. The summed E-state index contributed by atoms with van der Waals surface area (Å²) in [5, 5.41) is 12.9. The predicted molar refractivity (Wildman–Crippen MR) is 170 cm³/mol. The lowest BCUT2D eigenvalue weighted by Gasteiger charge is -2.33. The number of carbonyl (C=O) groups is 3. The van der Waals surface area contributed by atoms with Gasteiger partial charge in [0.1, 0.15) is 11.6 Å². The summed E-state index contributed by atoms with van der Waals surface area (Å²) in [5.74, 6) is -0.431. The molecule has 1 fully saturated rings. The number of amides is 3. The van der Waals surface area contributed by atoms with E-state index in [0.29, 0.717) is 38.8 Å². The van der Waals surface area contributed by atoms with Crippen molar-refractivity contribution in [2.24, 2.45) is 5.92 Å². The topological polar surface area (TPSA) is 99.3 Å². The average Bonchev–Trinajstić information content (AvgIpc) is 3.48. The Balaban J connectivity index is 1.52. The quantitative estimate of drug-likeness (QED) is 0.334. The SMILES string of the molecule is CC(C)C[C@@H]1NCc2ccccc2Sc2ccccc2CNC(=O)[C@H](Cc2ccccc2)NC(=O)C2(CCCC2)NC1=O. The van der Waals surface area contributed by atoms with E-state index in [4.69, 9.17) is 0 Å². The lowest BCUT2D eigenvalue weighted by Crippen LogP contribution is -2.63. The van der Waals surface area contributed by atoms with Gasteiger partial charge in [-0.2, -0.15) is 0 Å². The summed E-state index contributed by atoms with van der Waals surface area (Å²) in [7, 11) is 0. The Kier molecular flexibility index (Phi) is 10.2. The highest BCUT2D eigenvalue weighted by Crippen LogP contribution is 2.34. The van der Waals surface area contributed by atoms with Gasteiger partial charge in [0.05, 0.1) is 6.04 Å². The van der Waals surface area contributed by atoms with Gasteiger partial charge in [0.25, 0.3) is 0 Å². The van der Waals surface area contributed by atoms with E-state index in [9.17, 15) is 14.4 Å². The van der Waals surface area contributed by atoms with Crippen LogP contribution in [-0.4, -0.2) is 35.3 Å². The first kappa shape index (κ1) is 30.8. The van der Waals surface area contributed by atoms with Gasteiger partial charge in [0.2, 0.25) is 17.7 Å². The zero-order valence-corrected chi connectivity index (χ0v) is 25.8. The Hall–Kier alpha value is -3.62. The van der Waals surface area contributed by atoms with Gasteiger partial charge < -0.3 is 21.3 Å². The maximum atomic E-state index is 14.0. The summed E-state index contributed by atoms with van der Waals surface area (Å²) in [4.78, 5) is 43.8. The third-order valence-corrected chi connectivity index (χ3v) is 9.58. The molecule has 43 heavy (non-hydrogen) atoms. The van der Waals surface area contributed by atoms with E-state index in [2.05, 4.69) is 53.3 Å². The molecule has 0 aromatic heterocycles. The molecule has 3 aromatic rings. The lowest BCUT2D eigenvalue weighted by atomic mass is 9.93. The van der Waals surface area contributed by atoms with Crippen LogP contribution in [0.15, 0.2) is 88.7 Å². The third kappa shape index (κ3) is 7.86. The summed E-state index contributed by atoms with van der Waals surface area (Å²) in [6.45, 7) is 5.05. The third-order valence-electron chi connectivity index (χ3n) is 8.34. The molecule has 3 amide bonds. The molecule has 8 heteroatoms. The maximum absolute atomic E-state index is 14.0. The minimum absolute atomic E-state index is 0.172. The molecule has 1 saturated carbocycles. The zero-order valence-electron chi connectivity index (χ0n) is 25.0. The van der Waals surface area contributed by atoms with Crippen LogP contribution in [0.5, 0.6) is 0 Å². The Morgan fingerprint density at radius 1 is 0.767 bits per heavy atom. The first-order valence-electron chi connectivity index (χ1n) is 15.3. The molecule has 1 spiro atoms. The van der Waals surface area contributed by atoms with E-state index in [1.165, 1.54) is 0 Å². The molecule has 4 N–H and O–H groups in total. The van der Waals surface area contributed by atoms with Crippen molar-refractivity contribution in [3.8, 4) is 0 Å². The minimum Gasteiger partial charge on any atom is -0.350 e. The van der Waals surface area contributed by atoms with Crippen molar-refractivity contribution in [1.82, 2.24) is 21.3 Å². The normalized spacial score (nSPS) is 21.3. The van der Waals surface area contributed by atoms with Crippen molar-refractivity contribution in [2.75, 3.05) is 0 Å². The molecule has 0 unspecified atom stereocenters. The Labute approximate surface area is 259 Å². The van der Waals surface area contributed by atoms with E-state index >= 15 is 0 Å². The number of fused-ring (bicyclic) bond motifs is 2. The van der Waals surface area contributed by atoms with Crippen molar-refractivity contribution in [2.45, 2.75) is 92.9 Å². The summed E-state index contributed by atoms with van der Waals surface area (Å²) in [6, 6.07) is 24.7. The number of benzene rings is 3. The first-order valence-corrected chi connectivity index (χ1v) is 16.2. The second-order valence-corrected chi connectivity index (χ2v) is 13.2. The van der Waals surface area contributed by atoms with Crippen LogP contribution in [0.25, 0.3) is 0 Å². The molecule has 5 rings (SSSR count). The fourth-order valence-electron chi connectivity index (χ4n) is 5.98. The van der Waals surface area contributed by atoms with Crippen LogP contribution in [0.3, 0.4) is 0 Å². The van der Waals surface area contributed by atoms with Gasteiger partial charge >= 0.3 is 0 Å². The molecule has 1 heterocycles. The van der Waals surface area contributed by atoms with Gasteiger partial charge in [-0.05, 0) is 54.0 Å². The van der Waals surface area contributed by atoms with Crippen molar-refractivity contribution in [1.29, 1.82) is 0 Å². The van der Waals surface area contributed by atoms with Gasteiger partial charge in [0, 0.05) is 29.3 Å². The Morgan fingerprint density at radius 3 is 2.02 bits per heavy atom. The van der Waals surface area contributed by atoms with E-state index in [0.717, 1.165) is 39.3 Å². The van der Waals surface area contributed by atoms with E-state index in [1.807, 2.05) is 60.7 Å². The number of hydrogen-bond acceptors (Lipinski definition) is 5. The molecule has 1 aliphatic carbocycles. The minimum atomic E-state index is -1.04. The zero-order chi connectivity index (χ0) is 30.2. The molecular weight excluding hydrogens is 556 g/mol. The summed E-state index contributed by atoms with van der Waals surface area (Å²) in [5.41, 5.74) is 2.00. The molecule has 0 saturated heterocycles. The van der Waals surface area contributed by atoms with E-state index in [-0.39, 0.29) is 23.6 Å².